The lowest BCUT2D eigenvalue weighted by molar-refractivity contribution is -0.138. The molecular weight excluding hydrogens is 592 g/mol. The van der Waals surface area contributed by atoms with Gasteiger partial charge in [-0.15, -0.1) is 0 Å². The Balaban J connectivity index is 1.89. The first-order valence-electron chi connectivity index (χ1n) is 14.0. The number of carbonyl (C=O) groups excluding carboxylic acids is 4. The fourth-order valence-corrected chi connectivity index (χ4v) is 4.25. The van der Waals surface area contributed by atoms with Crippen molar-refractivity contribution >= 4 is 57.8 Å². The van der Waals surface area contributed by atoms with E-state index >= 15 is 0 Å². The first-order valence-corrected chi connectivity index (χ1v) is 14.0. The summed E-state index contributed by atoms with van der Waals surface area (Å²) < 4.78 is 0. The molecule has 0 unspecified atom stereocenters. The van der Waals surface area contributed by atoms with Gasteiger partial charge in [0.05, 0.1) is 22.7 Å². The van der Waals surface area contributed by atoms with E-state index in [-0.39, 0.29) is 0 Å². The minimum Gasteiger partial charge on any atom is -0.344 e. The number of benzene rings is 4. The summed E-state index contributed by atoms with van der Waals surface area (Å²) in [6.07, 6.45) is 0. The molecular formula is C34H32N4O8. The Morgan fingerprint density at radius 3 is 0.674 bits per heavy atom. The van der Waals surface area contributed by atoms with Crippen molar-refractivity contribution in [1.82, 2.24) is 0 Å². The SMILES string of the molecule is CC(=O)ONc1ccc(C(=C(c2ccc(NOC(C)=O)cc2)c2ccc(NOC(C)=O)cc2)c2ccc(NOC(C)=O)cc2)cc1. The molecule has 236 valence electrons. The summed E-state index contributed by atoms with van der Waals surface area (Å²) in [6, 6.07) is 29.4. The summed E-state index contributed by atoms with van der Waals surface area (Å²) in [4.78, 5) is 64.9. The van der Waals surface area contributed by atoms with Gasteiger partial charge in [-0.25, -0.2) is 21.9 Å². The van der Waals surface area contributed by atoms with Crippen LogP contribution in [0.5, 0.6) is 0 Å². The molecule has 0 bridgehead atoms. The van der Waals surface area contributed by atoms with Gasteiger partial charge >= 0.3 is 23.9 Å². The van der Waals surface area contributed by atoms with Crippen LogP contribution in [0.25, 0.3) is 11.1 Å². The van der Waals surface area contributed by atoms with Crippen LogP contribution in [0.3, 0.4) is 0 Å². The zero-order chi connectivity index (χ0) is 33.1. The standard InChI is InChI=1S/C34H32N4O8/c1-21(39)43-35-29-13-5-25(6-14-29)33(26-7-15-30(16-8-26)36-44-22(2)40)34(27-9-17-31(18-10-27)37-45-23(3)41)28-11-19-32(20-12-28)38-46-24(4)42/h5-20,35-38H,1-4H3. The fraction of sp³-hybridized carbons (Fsp3) is 0.118. The molecule has 46 heavy (non-hydrogen) atoms. The van der Waals surface area contributed by atoms with E-state index in [1.807, 2.05) is 48.5 Å². The summed E-state index contributed by atoms with van der Waals surface area (Å²) >= 11 is 0. The molecule has 0 saturated heterocycles. The van der Waals surface area contributed by atoms with Gasteiger partial charge in [-0.1, -0.05) is 48.5 Å². The molecule has 4 rings (SSSR count). The maximum Gasteiger partial charge on any atom is 0.329 e. The molecule has 0 aromatic heterocycles. The zero-order valence-electron chi connectivity index (χ0n) is 25.5. The number of anilines is 4. The van der Waals surface area contributed by atoms with Crippen molar-refractivity contribution in [3.63, 3.8) is 0 Å². The lowest BCUT2D eigenvalue weighted by atomic mass is 9.85. The molecule has 12 nitrogen and oxygen atoms in total. The molecule has 0 aliphatic carbocycles. The van der Waals surface area contributed by atoms with Gasteiger partial charge in [-0.05, 0) is 81.9 Å². The Morgan fingerprint density at radius 1 is 0.348 bits per heavy atom. The summed E-state index contributed by atoms with van der Waals surface area (Å²) in [5.74, 6) is -1.92. The number of hydrogen-bond acceptors (Lipinski definition) is 12. The Morgan fingerprint density at radius 2 is 0.522 bits per heavy atom. The zero-order valence-corrected chi connectivity index (χ0v) is 25.5. The third kappa shape index (κ3) is 9.35. The predicted molar refractivity (Wildman–Crippen MR) is 172 cm³/mol. The highest BCUT2D eigenvalue weighted by molar-refractivity contribution is 6.05. The van der Waals surface area contributed by atoms with Crippen LogP contribution in [0.1, 0.15) is 49.9 Å². The van der Waals surface area contributed by atoms with Crippen LogP contribution in [0.15, 0.2) is 97.1 Å². The second-order valence-electron chi connectivity index (χ2n) is 9.84. The van der Waals surface area contributed by atoms with Crippen LogP contribution in [0, 0.1) is 0 Å². The van der Waals surface area contributed by atoms with Crippen LogP contribution in [-0.2, 0) is 38.5 Å². The van der Waals surface area contributed by atoms with Crippen molar-refractivity contribution in [2.75, 3.05) is 21.9 Å². The molecule has 0 aliphatic heterocycles. The quantitative estimate of drug-likeness (QED) is 0.0800. The van der Waals surface area contributed by atoms with Crippen LogP contribution in [-0.4, -0.2) is 23.9 Å². The molecule has 12 heteroatoms. The number of hydrogen-bond donors (Lipinski definition) is 4. The highest BCUT2D eigenvalue weighted by atomic mass is 16.7. The van der Waals surface area contributed by atoms with E-state index in [1.54, 1.807) is 48.5 Å². The molecule has 4 N–H and O–H groups in total. The van der Waals surface area contributed by atoms with Crippen molar-refractivity contribution < 1.29 is 38.5 Å². The third-order valence-corrected chi connectivity index (χ3v) is 6.19. The topological polar surface area (TPSA) is 153 Å². The van der Waals surface area contributed by atoms with Crippen LogP contribution in [0.4, 0.5) is 22.7 Å². The second-order valence-corrected chi connectivity index (χ2v) is 9.84. The Labute approximate surface area is 265 Å². The van der Waals surface area contributed by atoms with Crippen molar-refractivity contribution in [3.8, 4) is 0 Å². The van der Waals surface area contributed by atoms with Gasteiger partial charge in [-0.2, -0.15) is 0 Å². The van der Waals surface area contributed by atoms with E-state index < -0.39 is 23.9 Å². The van der Waals surface area contributed by atoms with Crippen LogP contribution in [0.2, 0.25) is 0 Å². The molecule has 0 atom stereocenters. The van der Waals surface area contributed by atoms with Gasteiger partial charge in [-0.3, -0.25) is 19.2 Å². The first-order chi connectivity index (χ1) is 22.1. The lowest BCUT2D eigenvalue weighted by Gasteiger charge is -2.19. The molecule has 0 radical (unpaired) electrons. The van der Waals surface area contributed by atoms with Gasteiger partial charge in [0.15, 0.2) is 0 Å². The Kier molecular flexibility index (Phi) is 10.9. The smallest absolute Gasteiger partial charge is 0.329 e. The van der Waals surface area contributed by atoms with Gasteiger partial charge in [0.25, 0.3) is 0 Å². The number of rotatable bonds is 12. The first kappa shape index (κ1) is 32.6. The van der Waals surface area contributed by atoms with E-state index in [4.69, 9.17) is 19.4 Å². The van der Waals surface area contributed by atoms with E-state index in [9.17, 15) is 19.2 Å². The molecule has 0 aliphatic rings. The monoisotopic (exact) mass is 624 g/mol. The number of nitrogens with one attached hydrogen (secondary N) is 4. The van der Waals surface area contributed by atoms with Gasteiger partial charge in [0, 0.05) is 27.7 Å². The van der Waals surface area contributed by atoms with E-state index in [1.165, 1.54) is 27.7 Å². The Hall–Kier alpha value is -6.30. The van der Waals surface area contributed by atoms with Crippen LogP contribution < -0.4 is 21.9 Å². The van der Waals surface area contributed by atoms with Crippen LogP contribution >= 0.6 is 0 Å². The average molecular weight is 625 g/mol. The van der Waals surface area contributed by atoms with E-state index in [2.05, 4.69) is 21.9 Å². The highest BCUT2D eigenvalue weighted by Crippen LogP contribution is 2.38. The highest BCUT2D eigenvalue weighted by Gasteiger charge is 2.17. The summed E-state index contributed by atoms with van der Waals surface area (Å²) in [7, 11) is 0. The van der Waals surface area contributed by atoms with Crippen molar-refractivity contribution in [2.24, 2.45) is 0 Å². The molecule has 0 saturated carbocycles. The minimum atomic E-state index is -0.479. The average Bonchev–Trinajstić information content (AvgIpc) is 3.04. The number of carbonyl (C=O) groups is 4. The molecule has 0 heterocycles. The van der Waals surface area contributed by atoms with E-state index in [0.717, 1.165) is 33.4 Å². The summed E-state index contributed by atoms with van der Waals surface area (Å²) in [5, 5.41) is 0. The van der Waals surface area contributed by atoms with Gasteiger partial charge < -0.3 is 19.4 Å². The summed E-state index contributed by atoms with van der Waals surface area (Å²) in [5.41, 5.74) is 17.8. The lowest BCUT2D eigenvalue weighted by Crippen LogP contribution is -2.07. The van der Waals surface area contributed by atoms with Crippen molar-refractivity contribution in [2.45, 2.75) is 27.7 Å². The molecule has 4 aromatic carbocycles. The molecule has 0 amide bonds. The molecule has 0 spiro atoms. The minimum absolute atomic E-state index is 0.479. The maximum absolute atomic E-state index is 11.3. The molecule has 4 aromatic rings. The summed E-state index contributed by atoms with van der Waals surface area (Å²) in [6.45, 7) is 5.20. The Bertz CT molecular complexity index is 1460. The molecule has 0 fully saturated rings. The fourth-order valence-electron chi connectivity index (χ4n) is 4.25. The van der Waals surface area contributed by atoms with Crippen molar-refractivity contribution in [3.05, 3.63) is 119 Å². The third-order valence-electron chi connectivity index (χ3n) is 6.19. The van der Waals surface area contributed by atoms with E-state index in [0.29, 0.717) is 22.7 Å². The largest absolute Gasteiger partial charge is 0.344 e. The van der Waals surface area contributed by atoms with Gasteiger partial charge in [0.2, 0.25) is 0 Å². The van der Waals surface area contributed by atoms with Gasteiger partial charge in [0.1, 0.15) is 0 Å². The maximum atomic E-state index is 11.3. The predicted octanol–water partition coefficient (Wildman–Crippen LogP) is 6.25. The van der Waals surface area contributed by atoms with Crippen molar-refractivity contribution in [1.29, 1.82) is 0 Å². The normalized spacial score (nSPS) is 10.1. The second kappa shape index (κ2) is 15.4.